The van der Waals surface area contributed by atoms with Gasteiger partial charge in [0.25, 0.3) is 5.91 Å². The molecule has 3 aliphatic rings. The van der Waals surface area contributed by atoms with Crippen LogP contribution in [0.1, 0.15) is 29.3 Å². The molecule has 2 aromatic rings. The zero-order valence-corrected chi connectivity index (χ0v) is 19.0. The smallest absolute Gasteiger partial charge is 0.418 e. The Morgan fingerprint density at radius 2 is 1.69 bits per heavy atom. The first-order valence-electron chi connectivity index (χ1n) is 11.4. The minimum Gasteiger partial charge on any atom is -0.452 e. The number of para-hydroxylation sites is 1. The first kappa shape index (κ1) is 23.8. The van der Waals surface area contributed by atoms with E-state index in [0.717, 1.165) is 24.1 Å². The second kappa shape index (κ2) is 8.61. The zero-order chi connectivity index (χ0) is 25.8. The number of imide groups is 1. The van der Waals surface area contributed by atoms with Gasteiger partial charge >= 0.3 is 12.1 Å². The Bertz CT molecular complexity index is 1300. The molecule has 2 aromatic carbocycles. The Balaban J connectivity index is 1.21. The molecule has 1 heterocycles. The summed E-state index contributed by atoms with van der Waals surface area (Å²) in [7, 11) is 0. The molecular formula is C26H21F3N2O5. The lowest BCUT2D eigenvalue weighted by Gasteiger charge is -2.19. The number of benzene rings is 2. The Morgan fingerprint density at radius 3 is 2.39 bits per heavy atom. The molecule has 1 N–H and O–H groups in total. The average molecular weight is 498 g/mol. The first-order valence-corrected chi connectivity index (χ1v) is 11.4. The molecule has 7 nitrogen and oxygen atoms in total. The molecule has 0 unspecified atom stereocenters. The standard InChI is InChI=1S/C26H21F3N2O5/c1-13-10-15-11-17(13)22-21(15)23(33)31(24(22)34)16-8-6-14(7-9-16)25(35)36-12-20(32)30-19-5-3-2-4-18(19)26(27,28)29/h2-10,15,17,21-22H,11-12H2,1H3,(H,30,32)/t15-,17+,21-,22+/m0/s1. The average Bonchev–Trinajstić information content (AvgIpc) is 3.47. The van der Waals surface area contributed by atoms with Gasteiger partial charge < -0.3 is 10.1 Å². The van der Waals surface area contributed by atoms with Gasteiger partial charge in [-0.25, -0.2) is 4.79 Å². The topological polar surface area (TPSA) is 92.8 Å². The number of carbonyl (C=O) groups is 4. The fraction of sp³-hybridized carbons (Fsp3) is 0.308. The van der Waals surface area contributed by atoms with Crippen LogP contribution >= 0.6 is 0 Å². The molecule has 3 amide bonds. The molecule has 1 saturated carbocycles. The number of allylic oxidation sites excluding steroid dienone is 2. The molecular weight excluding hydrogens is 477 g/mol. The Hall–Kier alpha value is -3.95. The number of esters is 1. The van der Waals surface area contributed by atoms with Crippen LogP contribution in [0, 0.1) is 23.7 Å². The lowest BCUT2D eigenvalue weighted by Crippen LogP contribution is -2.33. The second-order valence-corrected chi connectivity index (χ2v) is 9.19. The van der Waals surface area contributed by atoms with Gasteiger partial charge in [0.05, 0.1) is 34.3 Å². The van der Waals surface area contributed by atoms with Crippen molar-refractivity contribution in [3.8, 4) is 0 Å². The molecule has 36 heavy (non-hydrogen) atoms. The largest absolute Gasteiger partial charge is 0.452 e. The van der Waals surface area contributed by atoms with Crippen LogP contribution in [-0.4, -0.2) is 30.3 Å². The molecule has 0 aromatic heterocycles. The van der Waals surface area contributed by atoms with Crippen molar-refractivity contribution in [2.24, 2.45) is 23.7 Å². The van der Waals surface area contributed by atoms with Gasteiger partial charge in [0, 0.05) is 0 Å². The maximum Gasteiger partial charge on any atom is 0.418 e. The van der Waals surface area contributed by atoms with Gasteiger partial charge in [0.2, 0.25) is 11.8 Å². The van der Waals surface area contributed by atoms with Crippen molar-refractivity contribution in [1.82, 2.24) is 0 Å². The summed E-state index contributed by atoms with van der Waals surface area (Å²) in [6, 6.07) is 10.1. The van der Waals surface area contributed by atoms with Crippen molar-refractivity contribution < 1.29 is 37.1 Å². The molecule has 0 radical (unpaired) electrons. The molecule has 0 spiro atoms. The fourth-order valence-corrected chi connectivity index (χ4v) is 5.52. The minimum atomic E-state index is -4.66. The van der Waals surface area contributed by atoms with Gasteiger partial charge in [-0.05, 0) is 61.6 Å². The van der Waals surface area contributed by atoms with Crippen LogP contribution in [0.15, 0.2) is 60.2 Å². The maximum atomic E-state index is 13.1. The number of alkyl halides is 3. The van der Waals surface area contributed by atoms with E-state index in [1.807, 2.05) is 6.92 Å². The van der Waals surface area contributed by atoms with Crippen molar-refractivity contribution in [2.45, 2.75) is 19.5 Å². The van der Waals surface area contributed by atoms with Crippen molar-refractivity contribution >= 4 is 35.1 Å². The van der Waals surface area contributed by atoms with E-state index in [-0.39, 0.29) is 41.0 Å². The number of nitrogens with one attached hydrogen (secondary N) is 1. The molecule has 1 aliphatic heterocycles. The lowest BCUT2D eigenvalue weighted by atomic mass is 9.82. The fourth-order valence-electron chi connectivity index (χ4n) is 5.52. The summed E-state index contributed by atoms with van der Waals surface area (Å²) in [5.74, 6) is -2.84. The van der Waals surface area contributed by atoms with Crippen LogP contribution in [0.4, 0.5) is 24.5 Å². The van der Waals surface area contributed by atoms with E-state index in [1.165, 1.54) is 41.3 Å². The highest BCUT2D eigenvalue weighted by molar-refractivity contribution is 6.23. The zero-order valence-electron chi connectivity index (χ0n) is 19.0. The van der Waals surface area contributed by atoms with Crippen LogP contribution in [0.3, 0.4) is 0 Å². The molecule has 4 atom stereocenters. The Labute approximate surface area is 203 Å². The third kappa shape index (κ3) is 3.96. The summed E-state index contributed by atoms with van der Waals surface area (Å²) in [5.41, 5.74) is 0.0789. The predicted molar refractivity (Wildman–Crippen MR) is 122 cm³/mol. The van der Waals surface area contributed by atoms with Gasteiger partial charge in [-0.1, -0.05) is 23.8 Å². The number of nitrogens with zero attached hydrogens (tertiary/aromatic N) is 1. The number of carbonyl (C=O) groups excluding carboxylic acids is 4. The summed E-state index contributed by atoms with van der Waals surface area (Å²) in [5, 5.41) is 2.09. The van der Waals surface area contributed by atoms with Crippen LogP contribution in [0.2, 0.25) is 0 Å². The highest BCUT2D eigenvalue weighted by atomic mass is 19.4. The molecule has 2 fully saturated rings. The van der Waals surface area contributed by atoms with Crippen molar-refractivity contribution in [1.29, 1.82) is 0 Å². The van der Waals surface area contributed by atoms with E-state index in [1.54, 1.807) is 0 Å². The lowest BCUT2D eigenvalue weighted by molar-refractivity contribution is -0.137. The SMILES string of the molecule is CC1=C[C@H]2C[C@H]1[C@H]1C(=O)N(c3ccc(C(=O)OCC(=O)Nc4ccccc4C(F)(F)F)cc3)C(=O)[C@H]12. The number of anilines is 2. The first-order chi connectivity index (χ1) is 17.1. The highest BCUT2D eigenvalue weighted by Gasteiger charge is 2.60. The number of ether oxygens (including phenoxy) is 1. The number of amides is 3. The number of rotatable bonds is 5. The number of halogens is 3. The number of hydrogen-bond acceptors (Lipinski definition) is 5. The number of hydrogen-bond donors (Lipinski definition) is 1. The predicted octanol–water partition coefficient (Wildman–Crippen LogP) is 4.20. The third-order valence-electron chi connectivity index (χ3n) is 7.08. The Kier molecular flexibility index (Phi) is 5.69. The summed E-state index contributed by atoms with van der Waals surface area (Å²) >= 11 is 0. The van der Waals surface area contributed by atoms with Gasteiger partial charge in [-0.15, -0.1) is 0 Å². The summed E-state index contributed by atoms with van der Waals surface area (Å²) in [6.07, 6.45) is -1.75. The molecule has 2 aliphatic carbocycles. The van der Waals surface area contributed by atoms with E-state index < -0.39 is 35.9 Å². The van der Waals surface area contributed by atoms with E-state index in [0.29, 0.717) is 5.69 Å². The van der Waals surface area contributed by atoms with E-state index in [9.17, 15) is 32.3 Å². The third-order valence-corrected chi connectivity index (χ3v) is 7.08. The van der Waals surface area contributed by atoms with Crippen LogP contribution < -0.4 is 10.2 Å². The van der Waals surface area contributed by atoms with Crippen LogP contribution in [-0.2, 0) is 25.3 Å². The van der Waals surface area contributed by atoms with Gasteiger partial charge in [0.1, 0.15) is 0 Å². The van der Waals surface area contributed by atoms with Crippen molar-refractivity contribution in [3.63, 3.8) is 0 Å². The van der Waals surface area contributed by atoms with E-state index >= 15 is 0 Å². The molecule has 10 heteroatoms. The minimum absolute atomic E-state index is 0.0547. The van der Waals surface area contributed by atoms with Crippen LogP contribution in [0.5, 0.6) is 0 Å². The monoisotopic (exact) mass is 498 g/mol. The molecule has 2 bridgehead atoms. The molecule has 5 rings (SSSR count). The van der Waals surface area contributed by atoms with E-state index in [4.69, 9.17) is 4.74 Å². The van der Waals surface area contributed by atoms with Crippen LogP contribution in [0.25, 0.3) is 0 Å². The molecule has 1 saturated heterocycles. The maximum absolute atomic E-state index is 13.1. The number of fused-ring (bicyclic) bond motifs is 5. The van der Waals surface area contributed by atoms with Crippen molar-refractivity contribution in [3.05, 3.63) is 71.3 Å². The quantitative estimate of drug-likeness (QED) is 0.379. The van der Waals surface area contributed by atoms with Gasteiger partial charge in [0.15, 0.2) is 6.61 Å². The summed E-state index contributed by atoms with van der Waals surface area (Å²) in [6.45, 7) is 1.19. The summed E-state index contributed by atoms with van der Waals surface area (Å²) < 4.78 is 44.1. The second-order valence-electron chi connectivity index (χ2n) is 9.19. The van der Waals surface area contributed by atoms with E-state index in [2.05, 4.69) is 11.4 Å². The highest BCUT2D eigenvalue weighted by Crippen LogP contribution is 2.55. The Morgan fingerprint density at radius 1 is 1.03 bits per heavy atom. The normalized spacial score (nSPS) is 24.6. The van der Waals surface area contributed by atoms with Gasteiger partial charge in [-0.2, -0.15) is 13.2 Å². The molecule has 186 valence electrons. The van der Waals surface area contributed by atoms with Crippen molar-refractivity contribution in [2.75, 3.05) is 16.8 Å². The summed E-state index contributed by atoms with van der Waals surface area (Å²) in [4.78, 5) is 51.6. The van der Waals surface area contributed by atoms with Gasteiger partial charge in [-0.3, -0.25) is 19.3 Å².